The summed E-state index contributed by atoms with van der Waals surface area (Å²) >= 11 is 1.54. The highest BCUT2D eigenvalue weighted by Gasteiger charge is 2.22. The molecule has 1 aromatic heterocycles. The molecule has 6 nitrogen and oxygen atoms in total. The van der Waals surface area contributed by atoms with Crippen LogP contribution < -0.4 is 0 Å². The smallest absolute Gasteiger partial charge is 0.242 e. The van der Waals surface area contributed by atoms with E-state index in [2.05, 4.69) is 6.07 Å². The zero-order valence-corrected chi connectivity index (χ0v) is 18.6. The van der Waals surface area contributed by atoms with Crippen LogP contribution >= 0.6 is 11.8 Å². The largest absolute Gasteiger partial charge is 0.378 e. The number of hydrogen-bond acceptors (Lipinski definition) is 4. The van der Waals surface area contributed by atoms with Crippen LogP contribution in [0.1, 0.15) is 27.7 Å². The fourth-order valence-corrected chi connectivity index (χ4v) is 4.89. The van der Waals surface area contributed by atoms with Crippen LogP contribution in [0.5, 0.6) is 0 Å². The third-order valence-corrected chi connectivity index (χ3v) is 6.20. The minimum Gasteiger partial charge on any atom is -0.378 e. The van der Waals surface area contributed by atoms with Gasteiger partial charge in [-0.05, 0) is 33.8 Å². The Bertz CT molecular complexity index is 848. The maximum absolute atomic E-state index is 12.9. The van der Waals surface area contributed by atoms with E-state index in [4.69, 9.17) is 4.74 Å². The first-order valence-electron chi connectivity index (χ1n) is 10.3. The Hall–Kier alpha value is -1.99. The third kappa shape index (κ3) is 5.14. The maximum Gasteiger partial charge on any atom is 0.242 e. The predicted molar refractivity (Wildman–Crippen MR) is 117 cm³/mol. The second-order valence-electron chi connectivity index (χ2n) is 7.91. The van der Waals surface area contributed by atoms with Gasteiger partial charge in [-0.2, -0.15) is 0 Å². The molecule has 2 aromatic rings. The highest BCUT2D eigenvalue weighted by atomic mass is 32.2. The fraction of sp³-hybridized carbons (Fsp3) is 0.545. The van der Waals surface area contributed by atoms with Crippen LogP contribution in [0.2, 0.25) is 0 Å². The first-order chi connectivity index (χ1) is 13.9. The van der Waals surface area contributed by atoms with Crippen LogP contribution in [0.15, 0.2) is 35.4 Å². The standard InChI is InChI=1S/C22H31N3O3S/c1-16(2)25(17(3)4)21(26)14-24-13-20(18-7-5-6-8-19(18)24)29-15-22(27)23-9-11-28-12-10-23/h5-8,13,16-17H,9-12,14-15H2,1-4H3. The van der Waals surface area contributed by atoms with Crippen LogP contribution in [0.3, 0.4) is 0 Å². The van der Waals surface area contributed by atoms with Gasteiger partial charge in [0.2, 0.25) is 11.8 Å². The number of carbonyl (C=O) groups is 2. The number of aromatic nitrogens is 1. The molecule has 2 heterocycles. The van der Waals surface area contributed by atoms with Crippen molar-refractivity contribution in [3.63, 3.8) is 0 Å². The quantitative estimate of drug-likeness (QED) is 0.649. The van der Waals surface area contributed by atoms with E-state index in [-0.39, 0.29) is 23.9 Å². The average Bonchev–Trinajstić information content (AvgIpc) is 3.04. The summed E-state index contributed by atoms with van der Waals surface area (Å²) in [6.07, 6.45) is 2.01. The maximum atomic E-state index is 12.9. The molecular formula is C22H31N3O3S. The SMILES string of the molecule is CC(C)N(C(=O)Cn1cc(SCC(=O)N2CCOCC2)c2ccccc21)C(C)C. The highest BCUT2D eigenvalue weighted by Crippen LogP contribution is 2.30. The van der Waals surface area contributed by atoms with E-state index >= 15 is 0 Å². The van der Waals surface area contributed by atoms with Crippen molar-refractivity contribution in [3.05, 3.63) is 30.5 Å². The van der Waals surface area contributed by atoms with Gasteiger partial charge in [0.25, 0.3) is 0 Å². The molecule has 1 saturated heterocycles. The minimum atomic E-state index is 0.108. The van der Waals surface area contributed by atoms with E-state index in [9.17, 15) is 9.59 Å². The number of benzene rings is 1. The van der Waals surface area contributed by atoms with Crippen LogP contribution in [-0.4, -0.2) is 70.3 Å². The summed E-state index contributed by atoms with van der Waals surface area (Å²) < 4.78 is 7.33. The number of hydrogen-bond donors (Lipinski definition) is 0. The van der Waals surface area contributed by atoms with Gasteiger partial charge in [0.1, 0.15) is 6.54 Å². The van der Waals surface area contributed by atoms with Gasteiger partial charge in [-0.3, -0.25) is 9.59 Å². The van der Waals surface area contributed by atoms with Gasteiger partial charge in [0.15, 0.2) is 0 Å². The van der Waals surface area contributed by atoms with E-state index in [1.54, 1.807) is 11.8 Å². The van der Waals surface area contributed by atoms with Crippen molar-refractivity contribution in [1.82, 2.24) is 14.4 Å². The van der Waals surface area contributed by atoms with Crippen molar-refractivity contribution in [2.24, 2.45) is 0 Å². The second-order valence-corrected chi connectivity index (χ2v) is 8.93. The average molecular weight is 418 g/mol. The van der Waals surface area contributed by atoms with Gasteiger partial charge < -0.3 is 19.1 Å². The number of morpholine rings is 1. The Morgan fingerprint density at radius 3 is 2.41 bits per heavy atom. The lowest BCUT2D eigenvalue weighted by Crippen LogP contribution is -2.43. The van der Waals surface area contributed by atoms with Crippen molar-refractivity contribution in [1.29, 1.82) is 0 Å². The number of fused-ring (bicyclic) bond motifs is 1. The lowest BCUT2D eigenvalue weighted by Gasteiger charge is -2.31. The number of thioether (sulfide) groups is 1. The second kappa shape index (κ2) is 9.67. The summed E-state index contributed by atoms with van der Waals surface area (Å²) in [5.41, 5.74) is 1.02. The molecular weight excluding hydrogens is 386 g/mol. The first-order valence-corrected chi connectivity index (χ1v) is 11.2. The molecule has 1 aliphatic rings. The Kier molecular flexibility index (Phi) is 7.24. The number of ether oxygens (including phenoxy) is 1. The molecule has 0 radical (unpaired) electrons. The molecule has 0 bridgehead atoms. The zero-order chi connectivity index (χ0) is 21.0. The Morgan fingerprint density at radius 2 is 1.76 bits per heavy atom. The Balaban J connectivity index is 1.76. The highest BCUT2D eigenvalue weighted by molar-refractivity contribution is 8.00. The third-order valence-electron chi connectivity index (χ3n) is 5.17. The predicted octanol–water partition coefficient (Wildman–Crippen LogP) is 3.24. The van der Waals surface area contributed by atoms with Gasteiger partial charge in [-0.15, -0.1) is 11.8 Å². The summed E-state index contributed by atoms with van der Waals surface area (Å²) in [5, 5.41) is 1.08. The molecule has 2 amide bonds. The molecule has 1 aromatic carbocycles. The molecule has 1 fully saturated rings. The van der Waals surface area contributed by atoms with E-state index in [1.165, 1.54) is 0 Å². The molecule has 0 aliphatic carbocycles. The number of amides is 2. The van der Waals surface area contributed by atoms with E-state index < -0.39 is 0 Å². The fourth-order valence-electron chi connectivity index (χ4n) is 3.90. The molecule has 0 spiro atoms. The van der Waals surface area contributed by atoms with Gasteiger partial charge >= 0.3 is 0 Å². The lowest BCUT2D eigenvalue weighted by molar-refractivity contribution is -0.135. The Labute approximate surface area is 177 Å². The van der Waals surface area contributed by atoms with Gasteiger partial charge in [0.05, 0.1) is 19.0 Å². The van der Waals surface area contributed by atoms with Crippen molar-refractivity contribution in [2.75, 3.05) is 32.1 Å². The van der Waals surface area contributed by atoms with Crippen LogP contribution in [-0.2, 0) is 20.9 Å². The molecule has 0 saturated carbocycles. The van der Waals surface area contributed by atoms with Crippen molar-refractivity contribution >= 4 is 34.5 Å². The minimum absolute atomic E-state index is 0.108. The van der Waals surface area contributed by atoms with E-state index in [1.807, 2.05) is 66.5 Å². The van der Waals surface area contributed by atoms with Crippen molar-refractivity contribution in [2.45, 2.75) is 51.2 Å². The summed E-state index contributed by atoms with van der Waals surface area (Å²) in [6.45, 7) is 11.0. The zero-order valence-electron chi connectivity index (χ0n) is 17.8. The Morgan fingerprint density at radius 1 is 1.10 bits per heavy atom. The molecule has 7 heteroatoms. The topological polar surface area (TPSA) is 54.8 Å². The first kappa shape index (κ1) is 21.7. The number of rotatable bonds is 7. The molecule has 0 atom stereocenters. The van der Waals surface area contributed by atoms with E-state index in [0.29, 0.717) is 38.6 Å². The number of nitrogens with zero attached hydrogens (tertiary/aromatic N) is 3. The van der Waals surface area contributed by atoms with Gasteiger partial charge in [-0.25, -0.2) is 0 Å². The molecule has 0 unspecified atom stereocenters. The summed E-state index contributed by atoms with van der Waals surface area (Å²) in [4.78, 5) is 30.3. The molecule has 1 aliphatic heterocycles. The van der Waals surface area contributed by atoms with E-state index in [0.717, 1.165) is 15.8 Å². The van der Waals surface area contributed by atoms with Crippen molar-refractivity contribution < 1.29 is 14.3 Å². The summed E-state index contributed by atoms with van der Waals surface area (Å²) in [6, 6.07) is 8.39. The van der Waals surface area contributed by atoms with Crippen molar-refractivity contribution in [3.8, 4) is 0 Å². The van der Waals surface area contributed by atoms with Gasteiger partial charge in [0, 0.05) is 47.2 Å². The number of carbonyl (C=O) groups excluding carboxylic acids is 2. The normalized spacial score (nSPS) is 14.8. The van der Waals surface area contributed by atoms with Crippen LogP contribution in [0.4, 0.5) is 0 Å². The molecule has 29 heavy (non-hydrogen) atoms. The summed E-state index contributed by atoms with van der Waals surface area (Å²) in [5.74, 6) is 0.639. The van der Waals surface area contributed by atoms with Crippen LogP contribution in [0, 0.1) is 0 Å². The summed E-state index contributed by atoms with van der Waals surface area (Å²) in [7, 11) is 0. The molecule has 158 valence electrons. The molecule has 3 rings (SSSR count). The van der Waals surface area contributed by atoms with Gasteiger partial charge in [-0.1, -0.05) is 18.2 Å². The lowest BCUT2D eigenvalue weighted by atomic mass is 10.2. The monoisotopic (exact) mass is 417 g/mol. The molecule has 0 N–H and O–H groups in total. The number of para-hydroxylation sites is 1. The van der Waals surface area contributed by atoms with Crippen LogP contribution in [0.25, 0.3) is 10.9 Å².